The number of anilines is 2. The molecule has 0 aliphatic heterocycles. The van der Waals surface area contributed by atoms with Gasteiger partial charge >= 0.3 is 0 Å². The van der Waals surface area contributed by atoms with Crippen molar-refractivity contribution in [1.29, 1.82) is 0 Å². The number of rotatable bonds is 6. The van der Waals surface area contributed by atoms with Gasteiger partial charge in [0.1, 0.15) is 0 Å². The number of hydrogen-bond acceptors (Lipinski definition) is 2. The zero-order valence-electron chi connectivity index (χ0n) is 14.2. The quantitative estimate of drug-likeness (QED) is 0.773. The Kier molecular flexibility index (Phi) is 6.85. The number of nitrogens with zero attached hydrogens (tertiary/aromatic N) is 1. The second-order valence-corrected chi connectivity index (χ2v) is 6.40. The van der Waals surface area contributed by atoms with Gasteiger partial charge in [-0.15, -0.1) is 0 Å². The lowest BCUT2D eigenvalue weighted by molar-refractivity contribution is -0.117. The maximum atomic E-state index is 12.2. The summed E-state index contributed by atoms with van der Waals surface area (Å²) in [6, 6.07) is 12.7. The summed E-state index contributed by atoms with van der Waals surface area (Å²) in [7, 11) is 0. The molecule has 2 rings (SSSR count). The molecule has 0 atom stereocenters. The van der Waals surface area contributed by atoms with Crippen molar-refractivity contribution >= 4 is 46.4 Å². The number of para-hydroxylation sites is 1. The van der Waals surface area contributed by atoms with Crippen LogP contribution in [-0.2, 0) is 16.0 Å². The molecule has 6 heteroatoms. The van der Waals surface area contributed by atoms with E-state index in [2.05, 4.69) is 12.2 Å². The van der Waals surface area contributed by atoms with Crippen LogP contribution in [0.25, 0.3) is 0 Å². The van der Waals surface area contributed by atoms with Crippen LogP contribution >= 0.6 is 23.2 Å². The van der Waals surface area contributed by atoms with Gasteiger partial charge in [0.25, 0.3) is 0 Å². The predicted molar refractivity (Wildman–Crippen MR) is 104 cm³/mol. The first-order chi connectivity index (χ1) is 11.9. The summed E-state index contributed by atoms with van der Waals surface area (Å²) in [5, 5.41) is 3.57. The first-order valence-corrected chi connectivity index (χ1v) is 8.79. The van der Waals surface area contributed by atoms with Crippen LogP contribution < -0.4 is 10.2 Å². The van der Waals surface area contributed by atoms with Gasteiger partial charge in [-0.1, -0.05) is 48.3 Å². The third-order valence-electron chi connectivity index (χ3n) is 3.80. The molecule has 0 radical (unpaired) electrons. The van der Waals surface area contributed by atoms with Gasteiger partial charge in [0, 0.05) is 25.6 Å². The Bertz CT molecular complexity index is 740. The largest absolute Gasteiger partial charge is 0.326 e. The molecule has 2 amide bonds. The molecule has 0 unspecified atom stereocenters. The molecule has 0 fully saturated rings. The molecule has 2 aromatic rings. The highest BCUT2D eigenvalue weighted by Crippen LogP contribution is 2.33. The van der Waals surface area contributed by atoms with E-state index in [9.17, 15) is 9.59 Å². The van der Waals surface area contributed by atoms with Gasteiger partial charge in [-0.2, -0.15) is 0 Å². The Morgan fingerprint density at radius 3 is 2.16 bits per heavy atom. The third-order valence-corrected chi connectivity index (χ3v) is 4.41. The summed E-state index contributed by atoms with van der Waals surface area (Å²) in [5.74, 6) is -0.409. The Morgan fingerprint density at radius 2 is 1.64 bits per heavy atom. The van der Waals surface area contributed by atoms with Crippen molar-refractivity contribution in [3.8, 4) is 0 Å². The number of benzene rings is 2. The summed E-state index contributed by atoms with van der Waals surface area (Å²) in [6.45, 7) is 3.68. The van der Waals surface area contributed by atoms with Gasteiger partial charge in [-0.3, -0.25) is 9.59 Å². The van der Waals surface area contributed by atoms with Crippen molar-refractivity contribution in [1.82, 2.24) is 0 Å². The lowest BCUT2D eigenvalue weighted by atomic mass is 10.1. The molecular weight excluding hydrogens is 359 g/mol. The number of aryl methyl sites for hydroxylation is 1. The smallest absolute Gasteiger partial charge is 0.226 e. The first kappa shape index (κ1) is 19.3. The lowest BCUT2D eigenvalue weighted by Crippen LogP contribution is -2.32. The van der Waals surface area contributed by atoms with E-state index in [4.69, 9.17) is 23.2 Å². The summed E-state index contributed by atoms with van der Waals surface area (Å²) < 4.78 is 0. The molecule has 0 spiro atoms. The van der Waals surface area contributed by atoms with E-state index < -0.39 is 0 Å². The molecule has 0 bridgehead atoms. The monoisotopic (exact) mass is 378 g/mol. The lowest BCUT2D eigenvalue weighted by Gasteiger charge is -2.23. The second kappa shape index (κ2) is 8.88. The average Bonchev–Trinajstić information content (AvgIpc) is 2.57. The molecule has 0 aliphatic carbocycles. The van der Waals surface area contributed by atoms with Crippen LogP contribution in [0, 0.1) is 0 Å². The molecule has 25 heavy (non-hydrogen) atoms. The fourth-order valence-corrected chi connectivity index (χ4v) is 3.04. The highest BCUT2D eigenvalue weighted by atomic mass is 35.5. The Morgan fingerprint density at radius 1 is 1.04 bits per heavy atom. The normalized spacial score (nSPS) is 10.4. The predicted octanol–water partition coefficient (Wildman–Crippen LogP) is 4.94. The van der Waals surface area contributed by atoms with Crippen LogP contribution in [0.15, 0.2) is 42.5 Å². The zero-order chi connectivity index (χ0) is 18.4. The molecular formula is C19H20Cl2N2O2. The molecule has 132 valence electrons. The molecule has 4 nitrogen and oxygen atoms in total. The maximum Gasteiger partial charge on any atom is 0.226 e. The SMILES string of the molecule is CCc1ccc(NC(=O)CCN(C(C)=O)c2c(Cl)cccc2Cl)cc1. The second-order valence-electron chi connectivity index (χ2n) is 5.59. The summed E-state index contributed by atoms with van der Waals surface area (Å²) in [5.41, 5.74) is 2.36. The molecule has 0 aliphatic rings. The Balaban J connectivity index is 2.03. The minimum Gasteiger partial charge on any atom is -0.326 e. The van der Waals surface area contributed by atoms with E-state index >= 15 is 0 Å². The summed E-state index contributed by atoms with van der Waals surface area (Å²) >= 11 is 12.3. The average molecular weight is 379 g/mol. The molecule has 2 aromatic carbocycles. The van der Waals surface area contributed by atoms with Crippen molar-refractivity contribution in [2.24, 2.45) is 0 Å². The first-order valence-electron chi connectivity index (χ1n) is 8.03. The number of halogens is 2. The van der Waals surface area contributed by atoms with Crippen molar-refractivity contribution in [3.05, 3.63) is 58.1 Å². The van der Waals surface area contributed by atoms with Gasteiger partial charge in [-0.05, 0) is 36.2 Å². The number of nitrogens with one attached hydrogen (secondary N) is 1. The molecule has 0 heterocycles. The van der Waals surface area contributed by atoms with Gasteiger partial charge in [-0.25, -0.2) is 0 Å². The highest BCUT2D eigenvalue weighted by molar-refractivity contribution is 6.39. The minimum atomic E-state index is -0.227. The van der Waals surface area contributed by atoms with Crippen molar-refractivity contribution in [2.45, 2.75) is 26.7 Å². The minimum absolute atomic E-state index is 0.136. The summed E-state index contributed by atoms with van der Waals surface area (Å²) in [6.07, 6.45) is 1.08. The van der Waals surface area contributed by atoms with Gasteiger partial charge in [0.05, 0.1) is 15.7 Å². The van der Waals surface area contributed by atoms with Gasteiger partial charge < -0.3 is 10.2 Å². The number of amides is 2. The Hall–Kier alpha value is -2.04. The third kappa shape index (κ3) is 5.21. The van der Waals surface area contributed by atoms with E-state index in [1.165, 1.54) is 17.4 Å². The van der Waals surface area contributed by atoms with Crippen LogP contribution in [-0.4, -0.2) is 18.4 Å². The standard InChI is InChI=1S/C19H20Cl2N2O2/c1-3-14-7-9-15(10-8-14)22-18(25)11-12-23(13(2)24)19-16(20)5-4-6-17(19)21/h4-10H,3,11-12H2,1-2H3,(H,22,25). The molecule has 0 aromatic heterocycles. The highest BCUT2D eigenvalue weighted by Gasteiger charge is 2.19. The fraction of sp³-hybridized carbons (Fsp3) is 0.263. The van der Waals surface area contributed by atoms with E-state index in [1.807, 2.05) is 24.3 Å². The molecule has 1 N–H and O–H groups in total. The van der Waals surface area contributed by atoms with Crippen LogP contribution in [0.2, 0.25) is 10.0 Å². The van der Waals surface area contributed by atoms with E-state index in [1.54, 1.807) is 18.2 Å². The van der Waals surface area contributed by atoms with Gasteiger partial charge in [0.15, 0.2) is 0 Å². The van der Waals surface area contributed by atoms with Crippen LogP contribution in [0.4, 0.5) is 11.4 Å². The number of carbonyl (C=O) groups is 2. The Labute approximate surface area is 157 Å². The van der Waals surface area contributed by atoms with Crippen molar-refractivity contribution in [2.75, 3.05) is 16.8 Å². The maximum absolute atomic E-state index is 12.2. The topological polar surface area (TPSA) is 49.4 Å². The van der Waals surface area contributed by atoms with E-state index in [0.29, 0.717) is 15.7 Å². The fourth-order valence-electron chi connectivity index (χ4n) is 2.43. The molecule has 0 saturated heterocycles. The number of hydrogen-bond donors (Lipinski definition) is 1. The van der Waals surface area contributed by atoms with E-state index in [0.717, 1.165) is 12.1 Å². The van der Waals surface area contributed by atoms with E-state index in [-0.39, 0.29) is 24.8 Å². The van der Waals surface area contributed by atoms with Crippen LogP contribution in [0.3, 0.4) is 0 Å². The van der Waals surface area contributed by atoms with Crippen LogP contribution in [0.1, 0.15) is 25.8 Å². The summed E-state index contributed by atoms with van der Waals surface area (Å²) in [4.78, 5) is 25.6. The zero-order valence-corrected chi connectivity index (χ0v) is 15.7. The van der Waals surface area contributed by atoms with Crippen LogP contribution in [0.5, 0.6) is 0 Å². The molecule has 0 saturated carbocycles. The van der Waals surface area contributed by atoms with Crippen molar-refractivity contribution in [3.63, 3.8) is 0 Å². The number of carbonyl (C=O) groups excluding carboxylic acids is 2. The van der Waals surface area contributed by atoms with Gasteiger partial charge in [0.2, 0.25) is 11.8 Å². The van der Waals surface area contributed by atoms with Crippen molar-refractivity contribution < 1.29 is 9.59 Å².